The Morgan fingerprint density at radius 2 is 0.664 bits per heavy atom. The average Bonchev–Trinajstić information content (AvgIpc) is 1.65. The lowest BCUT2D eigenvalue weighted by molar-refractivity contribution is -0.145. The number of aliphatic hydroxyl groups excluding tert-OH is 7. The van der Waals surface area contributed by atoms with Crippen molar-refractivity contribution in [1.82, 2.24) is 100 Å². The van der Waals surface area contributed by atoms with E-state index in [9.17, 15) is 156 Å². The van der Waals surface area contributed by atoms with Crippen LogP contribution >= 0.6 is 11.8 Å². The highest BCUT2D eigenvalue weighted by Gasteiger charge is 2.45. The first-order chi connectivity index (χ1) is 62.6. The number of thioether (sulfide) groups is 1. The van der Waals surface area contributed by atoms with E-state index in [1.165, 1.54) is 60.2 Å². The predicted octanol–water partition coefficient (Wildman–Crippen LogP) is -14.8. The fourth-order valence-corrected chi connectivity index (χ4v) is 13.8. The first-order valence-corrected chi connectivity index (χ1v) is 44.5. The van der Waals surface area contributed by atoms with Crippen LogP contribution in [0.1, 0.15) is 147 Å². The van der Waals surface area contributed by atoms with Crippen LogP contribution < -0.4 is 108 Å². The van der Waals surface area contributed by atoms with Gasteiger partial charge in [0.1, 0.15) is 90.6 Å². The third-order valence-corrected chi connectivity index (χ3v) is 21.6. The Morgan fingerprint density at radius 1 is 0.336 bits per heavy atom. The third kappa shape index (κ3) is 39.2. The monoisotopic (exact) mass is 1930 g/mol. The van der Waals surface area contributed by atoms with E-state index in [0.717, 1.165) is 37.5 Å². The molecular formula is C79H132N22O32S. The van der Waals surface area contributed by atoms with Crippen molar-refractivity contribution in [2.45, 2.75) is 274 Å². The molecule has 2 heterocycles. The molecule has 134 heavy (non-hydrogen) atoms. The Balaban J connectivity index is 2.23. The molecule has 2 aliphatic rings. The van der Waals surface area contributed by atoms with Crippen molar-refractivity contribution < 1.29 is 156 Å². The molecule has 0 spiro atoms. The zero-order valence-corrected chi connectivity index (χ0v) is 77.3. The second-order valence-corrected chi connectivity index (χ2v) is 34.1. The van der Waals surface area contributed by atoms with E-state index in [1.54, 1.807) is 6.26 Å². The highest BCUT2D eigenvalue weighted by molar-refractivity contribution is 7.98. The van der Waals surface area contributed by atoms with Gasteiger partial charge in [-0.15, -0.1) is 0 Å². The van der Waals surface area contributed by atoms with Gasteiger partial charge in [-0.05, 0) is 116 Å². The van der Waals surface area contributed by atoms with Crippen LogP contribution in [0.2, 0.25) is 0 Å². The van der Waals surface area contributed by atoms with Gasteiger partial charge in [-0.2, -0.15) is 11.8 Å². The summed E-state index contributed by atoms with van der Waals surface area (Å²) in [6.45, 7) is 7.92. The minimum absolute atomic E-state index is 0.0431. The van der Waals surface area contributed by atoms with Gasteiger partial charge in [0.05, 0.1) is 69.9 Å². The van der Waals surface area contributed by atoms with Gasteiger partial charge in [-0.3, -0.25) is 105 Å². The molecule has 2 saturated heterocycles. The molecule has 2 fully saturated rings. The number of carboxylic acids is 2. The molecule has 0 saturated carbocycles. The Morgan fingerprint density at radius 3 is 1.12 bits per heavy atom. The number of nitrogens with two attached hydrogens (primary N) is 3. The van der Waals surface area contributed by atoms with Gasteiger partial charge in [0.15, 0.2) is 6.04 Å². The lowest BCUT2D eigenvalue weighted by Gasteiger charge is -2.32. The summed E-state index contributed by atoms with van der Waals surface area (Å²) in [6, 6.07) is -28.3. The van der Waals surface area contributed by atoms with Crippen molar-refractivity contribution in [3.05, 3.63) is 0 Å². The van der Waals surface area contributed by atoms with Gasteiger partial charge in [0.2, 0.25) is 124 Å². The number of nitrogens with one attached hydrogen (secondary N) is 17. The van der Waals surface area contributed by atoms with Crippen molar-refractivity contribution in [3.8, 4) is 0 Å². The van der Waals surface area contributed by atoms with Crippen molar-refractivity contribution in [3.63, 3.8) is 0 Å². The van der Waals surface area contributed by atoms with Gasteiger partial charge in [0, 0.05) is 32.4 Å². The topological polar surface area (TPSA) is 864 Å². The molecule has 54 nitrogen and oxygen atoms in total. The molecule has 2 rings (SSSR count). The minimum atomic E-state index is -2.00. The molecule has 2 aliphatic heterocycles. The maximum absolute atomic E-state index is 14.4. The highest BCUT2D eigenvalue weighted by Crippen LogP contribution is 2.23. The van der Waals surface area contributed by atoms with Crippen LogP contribution in [0.25, 0.3) is 0 Å². The number of carbonyl (C=O) groups excluding carboxylic acids is 21. The number of hydrogen-bond donors (Lipinski definition) is 29. The zero-order valence-electron chi connectivity index (χ0n) is 76.4. The summed E-state index contributed by atoms with van der Waals surface area (Å²) < 4.78 is 0. The lowest BCUT2D eigenvalue weighted by atomic mass is 10.0. The summed E-state index contributed by atoms with van der Waals surface area (Å²) in [5.41, 5.74) is 16.2. The van der Waals surface area contributed by atoms with Gasteiger partial charge in [-0.1, -0.05) is 41.5 Å². The molecule has 0 aromatic carbocycles. The van der Waals surface area contributed by atoms with E-state index in [4.69, 9.17) is 17.2 Å². The molecule has 21 amide bonds. The predicted molar refractivity (Wildman–Crippen MR) is 466 cm³/mol. The molecule has 0 bridgehead atoms. The number of amides is 21. The second kappa shape index (κ2) is 58.1. The number of rotatable bonds is 59. The number of carboxylic acid groups (broad SMARTS) is 2. The van der Waals surface area contributed by atoms with Crippen LogP contribution in [0.15, 0.2) is 0 Å². The Bertz CT molecular complexity index is 4140. The number of nitrogens with zero attached hydrogens (tertiary/aromatic N) is 2. The van der Waals surface area contributed by atoms with Crippen LogP contribution in [0, 0.1) is 17.8 Å². The number of likely N-dealkylation sites (tertiary alicyclic amines) is 2. The van der Waals surface area contributed by atoms with Crippen molar-refractivity contribution >= 4 is 148 Å². The highest BCUT2D eigenvalue weighted by atomic mass is 32.2. The van der Waals surface area contributed by atoms with E-state index in [1.807, 2.05) is 0 Å². The van der Waals surface area contributed by atoms with E-state index in [2.05, 4.69) is 90.4 Å². The fourth-order valence-electron chi connectivity index (χ4n) is 13.3. The van der Waals surface area contributed by atoms with E-state index in [0.29, 0.717) is 0 Å². The van der Waals surface area contributed by atoms with Crippen LogP contribution in [-0.4, -0.2) is 383 Å². The number of aliphatic hydroxyl groups is 7. The maximum atomic E-state index is 14.4. The smallest absolute Gasteiger partial charge is 0.328 e. The normalized spacial score (nSPS) is 17.8. The number of carbonyl (C=O) groups is 23. The van der Waals surface area contributed by atoms with Gasteiger partial charge < -0.3 is 163 Å². The molecule has 55 heteroatoms. The molecule has 0 aromatic heterocycles. The van der Waals surface area contributed by atoms with E-state index in [-0.39, 0.29) is 63.8 Å². The Kier molecular flexibility index (Phi) is 51.1. The largest absolute Gasteiger partial charge is 0.481 e. The van der Waals surface area contributed by atoms with Gasteiger partial charge in [0.25, 0.3) is 0 Å². The number of hydrogen-bond acceptors (Lipinski definition) is 32. The molecule has 0 unspecified atom stereocenters. The van der Waals surface area contributed by atoms with E-state index >= 15 is 0 Å². The van der Waals surface area contributed by atoms with Crippen LogP contribution in [0.3, 0.4) is 0 Å². The molecule has 756 valence electrons. The van der Waals surface area contributed by atoms with Crippen LogP contribution in [0.5, 0.6) is 0 Å². The van der Waals surface area contributed by atoms with Crippen molar-refractivity contribution in [2.75, 3.05) is 64.6 Å². The molecule has 0 aromatic rings. The van der Waals surface area contributed by atoms with E-state index < -0.39 is 346 Å². The summed E-state index contributed by atoms with van der Waals surface area (Å²) in [6.07, 6.45) is -8.42. The lowest BCUT2D eigenvalue weighted by Crippen LogP contribution is -2.63. The average molecular weight is 1930 g/mol. The molecular weight excluding hydrogens is 1800 g/mol. The van der Waals surface area contributed by atoms with Crippen molar-refractivity contribution in [1.29, 1.82) is 0 Å². The van der Waals surface area contributed by atoms with Crippen LogP contribution in [-0.2, 0) is 110 Å². The number of aliphatic carboxylic acids is 2. The zero-order chi connectivity index (χ0) is 102. The Labute approximate surface area is 774 Å². The summed E-state index contributed by atoms with van der Waals surface area (Å²) in [7, 11) is 0. The minimum Gasteiger partial charge on any atom is -0.481 e. The maximum Gasteiger partial charge on any atom is 0.328 e. The van der Waals surface area contributed by atoms with Gasteiger partial charge >= 0.3 is 11.9 Å². The summed E-state index contributed by atoms with van der Waals surface area (Å²) in [5.74, 6) is -27.7. The van der Waals surface area contributed by atoms with Gasteiger partial charge in [-0.25, -0.2) is 4.79 Å². The molecule has 32 N–H and O–H groups in total. The molecule has 0 aliphatic carbocycles. The first-order valence-electron chi connectivity index (χ1n) is 43.1. The van der Waals surface area contributed by atoms with Crippen molar-refractivity contribution in [2.24, 2.45) is 35.0 Å². The Hall–Kier alpha value is -12.2. The van der Waals surface area contributed by atoms with Crippen LogP contribution in [0.4, 0.5) is 0 Å². The third-order valence-electron chi connectivity index (χ3n) is 21.0. The fraction of sp³-hybridized carbons (Fsp3) is 0.709. The summed E-state index contributed by atoms with van der Waals surface area (Å²) >= 11 is 1.23. The number of primary amides is 2. The summed E-state index contributed by atoms with van der Waals surface area (Å²) in [4.78, 5) is 308. The molecule has 21 atom stereocenters. The molecule has 0 radical (unpaired) electrons. The first kappa shape index (κ1) is 118. The SMILES string of the molecule is CSCC[C@H](NC(=O)CNC(=O)[C@H](CCC(N)=O)NC(=O)[C@H](C)N)C(=O)N[C@H](C(=O)N[C@@H](CCC(N)=O)C(=O)N[C@H](C(=O)N1CCC[C@H]1C(=O)N[C@@H](CO)C(=O)N[C@@H](CO)C(=O)N[C@H](C(=O)N[C@@H](CO)C(=O)N[C@@H](CCC(=O)O)C(=O)N1CCC[C@H]1C(=O)N[C@H](C(=O)NCC(=O)NCC(=O)N[C@H](C(=O)N[C@H](C(=O)N[C@H](C(=O)O)[C@@H](C)O)C(C)C)[C@@H](C)O)C(C)C)C(C)C)[C@@H](C)O)[C@@H](C)O. The second-order valence-electron chi connectivity index (χ2n) is 33.1. The standard InChI is InChI=1S/C79H132N22O32S/c1-33(2)56(72(125)85-27-52(111)83-28-54(113)93-59(37(8)105)76(129)96-58(35(5)6)74(127)99-62(40(11)108)79(132)133)95-71(124)49-16-13-24-100(49)77(130)44(19-22-55(114)115)89-67(120)46(31-103)92-73(126)57(34(3)4)94-69(122)47(32-104)90-68(121)45(30-102)91-70(123)48-15-14-25-101(48)78(131)61(39(10)107)98-65(118)42(18-21-51(82)110)88-75(128)60(38(9)106)97-66(119)43(23-26-134-12)86-53(112)29-84-64(117)41(17-20-50(81)109)87-63(116)36(7)80/h33-49,56-62,102-108H,13-32,80H2,1-12H3,(H2,81,109)(H2,82,110)(H,83,111)(H,84,117)(H,85,125)(H,86,112)(H,87,116)(H,88,128)(H,89,120)(H,90,121)(H,91,123)(H,92,126)(H,93,113)(H,94,122)(H,95,124)(H,96,129)(H,97,119)(H,98,118)(H,99,127)(H,114,115)(H,132,133)/t36-,37+,38+,39+,40+,41-,42-,43-,44-,45-,46-,47-,48-,49-,56-,57-,58-,59-,60-,61-,62-/m0/s1. The summed E-state index contributed by atoms with van der Waals surface area (Å²) in [5, 5.41) is 131. The quantitative estimate of drug-likeness (QED) is 0.0269.